The van der Waals surface area contributed by atoms with E-state index in [1.807, 2.05) is 0 Å². The predicted octanol–water partition coefficient (Wildman–Crippen LogP) is 1.19. The molecule has 0 radical (unpaired) electrons. The van der Waals surface area contributed by atoms with Gasteiger partial charge in [0.25, 0.3) is 0 Å². The second kappa shape index (κ2) is 4.92. The minimum atomic E-state index is -3.63. The molecule has 0 bridgehead atoms. The van der Waals surface area contributed by atoms with Gasteiger partial charge in [0.15, 0.2) is 0 Å². The number of carbonyl (C=O) groups is 1. The first-order valence-electron chi connectivity index (χ1n) is 5.77. The summed E-state index contributed by atoms with van der Waals surface area (Å²) in [5, 5.41) is 0. The maximum absolute atomic E-state index is 12.3. The molecule has 1 N–H and O–H groups in total. The Labute approximate surface area is 120 Å². The van der Waals surface area contributed by atoms with Gasteiger partial charge in [-0.1, -0.05) is 0 Å². The van der Waals surface area contributed by atoms with Crippen molar-refractivity contribution in [1.82, 2.24) is 9.29 Å². The molecule has 0 fully saturated rings. The zero-order chi connectivity index (χ0) is 14.4. The Bertz CT molecular complexity index is 636. The van der Waals surface area contributed by atoms with Crippen molar-refractivity contribution < 1.29 is 17.9 Å². The van der Waals surface area contributed by atoms with Crippen LogP contribution in [0.2, 0.25) is 0 Å². The number of nitrogens with zero attached hydrogens (tertiary/aromatic N) is 1. The molecule has 1 aliphatic rings. The van der Waals surface area contributed by atoms with E-state index in [-0.39, 0.29) is 16.6 Å². The molecule has 1 aromatic heterocycles. The highest BCUT2D eigenvalue weighted by Gasteiger charge is 2.35. The van der Waals surface area contributed by atoms with Gasteiger partial charge in [-0.15, -0.1) is 0 Å². The maximum atomic E-state index is 12.3. The smallest absolute Gasteiger partial charge is 0.355 e. The van der Waals surface area contributed by atoms with Crippen LogP contribution < -0.4 is 4.72 Å². The van der Waals surface area contributed by atoms with E-state index in [4.69, 9.17) is 4.74 Å². The van der Waals surface area contributed by atoms with Crippen LogP contribution in [-0.4, -0.2) is 32.1 Å². The molecule has 0 aromatic carbocycles. The summed E-state index contributed by atoms with van der Waals surface area (Å²) < 4.78 is 33.8. The highest BCUT2D eigenvalue weighted by Crippen LogP contribution is 2.34. The second-order valence-electron chi connectivity index (χ2n) is 4.56. The lowest BCUT2D eigenvalue weighted by atomic mass is 10.1. The molecule has 0 saturated heterocycles. The van der Waals surface area contributed by atoms with E-state index in [0.29, 0.717) is 23.0 Å². The molecule has 19 heavy (non-hydrogen) atoms. The van der Waals surface area contributed by atoms with E-state index >= 15 is 0 Å². The SMILES string of the molecule is COC(=O)c1c2c(c(Br)n1C)S(=O)(=O)N[C@@H](C)CC2. The Morgan fingerprint density at radius 3 is 2.74 bits per heavy atom. The fraction of sp³-hybridized carbons (Fsp3) is 0.545. The van der Waals surface area contributed by atoms with Crippen LogP contribution in [0.25, 0.3) is 0 Å². The number of sulfonamides is 1. The first-order valence-corrected chi connectivity index (χ1v) is 8.05. The van der Waals surface area contributed by atoms with E-state index in [2.05, 4.69) is 20.7 Å². The number of nitrogens with one attached hydrogen (secondary N) is 1. The van der Waals surface area contributed by atoms with Crippen molar-refractivity contribution in [1.29, 1.82) is 0 Å². The lowest BCUT2D eigenvalue weighted by Gasteiger charge is -2.10. The Morgan fingerprint density at radius 2 is 2.16 bits per heavy atom. The van der Waals surface area contributed by atoms with Gasteiger partial charge in [-0.3, -0.25) is 0 Å². The molecule has 0 saturated carbocycles. The van der Waals surface area contributed by atoms with Crippen molar-refractivity contribution in [2.45, 2.75) is 30.7 Å². The summed E-state index contributed by atoms with van der Waals surface area (Å²) in [6.07, 6.45) is 1.14. The van der Waals surface area contributed by atoms with E-state index < -0.39 is 16.0 Å². The van der Waals surface area contributed by atoms with E-state index in [1.165, 1.54) is 11.7 Å². The molecule has 0 aliphatic carbocycles. The molecule has 0 amide bonds. The highest BCUT2D eigenvalue weighted by atomic mass is 79.9. The molecule has 106 valence electrons. The van der Waals surface area contributed by atoms with Crippen molar-refractivity contribution in [3.8, 4) is 0 Å². The van der Waals surface area contributed by atoms with Crippen LogP contribution in [0.1, 0.15) is 29.4 Å². The fourth-order valence-electron chi connectivity index (χ4n) is 2.29. The van der Waals surface area contributed by atoms with Gasteiger partial charge in [-0.05, 0) is 35.7 Å². The third kappa shape index (κ3) is 2.32. The second-order valence-corrected chi connectivity index (χ2v) is 6.96. The van der Waals surface area contributed by atoms with Gasteiger partial charge >= 0.3 is 5.97 Å². The molecule has 1 aliphatic heterocycles. The largest absolute Gasteiger partial charge is 0.464 e. The monoisotopic (exact) mass is 350 g/mol. The Kier molecular flexibility index (Phi) is 3.76. The third-order valence-corrected chi connectivity index (χ3v) is 6.09. The van der Waals surface area contributed by atoms with Crippen molar-refractivity contribution in [3.05, 3.63) is 15.9 Å². The normalized spacial score (nSPS) is 21.6. The number of aromatic nitrogens is 1. The molecular formula is C11H15BrN2O4S. The van der Waals surface area contributed by atoms with Crippen LogP contribution in [0.3, 0.4) is 0 Å². The predicted molar refractivity (Wildman–Crippen MR) is 72.6 cm³/mol. The number of fused-ring (bicyclic) bond motifs is 1. The average Bonchev–Trinajstić information content (AvgIpc) is 2.50. The maximum Gasteiger partial charge on any atom is 0.355 e. The Morgan fingerprint density at radius 1 is 1.53 bits per heavy atom. The first kappa shape index (κ1) is 14.5. The van der Waals surface area contributed by atoms with Crippen LogP contribution in [0.4, 0.5) is 0 Å². The standard InChI is InChI=1S/C11H15BrN2O4S/c1-6-4-5-7-8(11(15)18-3)14(2)10(12)9(7)19(16,17)13-6/h6,13H,4-5H2,1-3H3/t6-/m0/s1. The van der Waals surface area contributed by atoms with Crippen molar-refractivity contribution in [2.24, 2.45) is 7.05 Å². The summed E-state index contributed by atoms with van der Waals surface area (Å²) in [5.74, 6) is -0.533. The zero-order valence-corrected chi connectivity index (χ0v) is 13.3. The van der Waals surface area contributed by atoms with E-state index in [9.17, 15) is 13.2 Å². The van der Waals surface area contributed by atoms with Gasteiger partial charge in [-0.2, -0.15) is 0 Å². The quantitative estimate of drug-likeness (QED) is 0.771. The molecule has 8 heteroatoms. The summed E-state index contributed by atoms with van der Waals surface area (Å²) in [5.41, 5.74) is 0.793. The van der Waals surface area contributed by atoms with Crippen LogP contribution in [0, 0.1) is 0 Å². The summed E-state index contributed by atoms with van der Waals surface area (Å²) in [6.45, 7) is 1.80. The van der Waals surface area contributed by atoms with Crippen LogP contribution >= 0.6 is 15.9 Å². The summed E-state index contributed by atoms with van der Waals surface area (Å²) in [7, 11) is -0.719. The molecule has 0 unspecified atom stereocenters. The van der Waals surface area contributed by atoms with Crippen molar-refractivity contribution >= 4 is 31.9 Å². The molecular weight excluding hydrogens is 336 g/mol. The van der Waals surface area contributed by atoms with E-state index in [0.717, 1.165) is 0 Å². The lowest BCUT2D eigenvalue weighted by molar-refractivity contribution is 0.0588. The van der Waals surface area contributed by atoms with Gasteiger partial charge in [0, 0.05) is 18.7 Å². The van der Waals surface area contributed by atoms with Gasteiger partial charge in [0.05, 0.1) is 7.11 Å². The number of carbonyl (C=O) groups excluding carboxylic acids is 1. The van der Waals surface area contributed by atoms with E-state index in [1.54, 1.807) is 14.0 Å². The van der Waals surface area contributed by atoms with Crippen LogP contribution in [0.15, 0.2) is 9.50 Å². The number of methoxy groups -OCH3 is 1. The highest BCUT2D eigenvalue weighted by molar-refractivity contribution is 9.10. The number of hydrogen-bond donors (Lipinski definition) is 1. The lowest BCUT2D eigenvalue weighted by Crippen LogP contribution is -2.31. The molecule has 0 spiro atoms. The van der Waals surface area contributed by atoms with Crippen molar-refractivity contribution in [2.75, 3.05) is 7.11 Å². The molecule has 1 aromatic rings. The number of hydrogen-bond acceptors (Lipinski definition) is 4. The summed E-state index contributed by atoms with van der Waals surface area (Å²) in [4.78, 5) is 12.0. The van der Waals surface area contributed by atoms with Gasteiger partial charge < -0.3 is 9.30 Å². The minimum absolute atomic E-state index is 0.139. The topological polar surface area (TPSA) is 77.4 Å². The Hall–Kier alpha value is -0.860. The third-order valence-electron chi connectivity index (χ3n) is 3.21. The molecule has 2 heterocycles. The summed E-state index contributed by atoms with van der Waals surface area (Å²) >= 11 is 3.25. The zero-order valence-electron chi connectivity index (χ0n) is 10.9. The van der Waals surface area contributed by atoms with Crippen molar-refractivity contribution in [3.63, 3.8) is 0 Å². The number of ether oxygens (including phenoxy) is 1. The number of rotatable bonds is 1. The molecule has 2 rings (SSSR count). The summed E-state index contributed by atoms with van der Waals surface area (Å²) in [6, 6.07) is -0.167. The molecule has 1 atom stereocenters. The van der Waals surface area contributed by atoms with Gasteiger partial charge in [0.1, 0.15) is 15.2 Å². The fourth-order valence-corrected chi connectivity index (χ4v) is 4.99. The average molecular weight is 351 g/mol. The van der Waals surface area contributed by atoms with Crippen LogP contribution in [0.5, 0.6) is 0 Å². The first-order chi connectivity index (χ1) is 8.79. The Balaban J connectivity index is 2.75. The van der Waals surface area contributed by atoms with Crippen LogP contribution in [-0.2, 0) is 28.2 Å². The number of esters is 1. The minimum Gasteiger partial charge on any atom is -0.464 e. The number of halogens is 1. The van der Waals surface area contributed by atoms with Gasteiger partial charge in [-0.25, -0.2) is 17.9 Å². The van der Waals surface area contributed by atoms with Gasteiger partial charge in [0.2, 0.25) is 10.0 Å². The molecule has 6 nitrogen and oxygen atoms in total.